The van der Waals surface area contributed by atoms with Crippen molar-refractivity contribution in [1.82, 2.24) is 9.88 Å². The number of H-pyrrole nitrogens is 1. The van der Waals surface area contributed by atoms with Crippen LogP contribution in [-0.2, 0) is 17.6 Å². The molecule has 1 aromatic heterocycles. The van der Waals surface area contributed by atoms with E-state index in [-0.39, 0.29) is 11.7 Å². The zero-order valence-corrected chi connectivity index (χ0v) is 11.8. The van der Waals surface area contributed by atoms with Crippen molar-refractivity contribution in [1.29, 1.82) is 0 Å². The molecule has 4 nitrogen and oxygen atoms in total. The molecule has 19 heavy (non-hydrogen) atoms. The summed E-state index contributed by atoms with van der Waals surface area (Å²) < 4.78 is 0. The van der Waals surface area contributed by atoms with Crippen LogP contribution in [0.15, 0.2) is 6.20 Å². The van der Waals surface area contributed by atoms with Gasteiger partial charge >= 0.3 is 0 Å². The highest BCUT2D eigenvalue weighted by atomic mass is 16.2. The molecule has 0 aliphatic heterocycles. The van der Waals surface area contributed by atoms with Gasteiger partial charge in [-0.15, -0.1) is 0 Å². The Labute approximate surface area is 114 Å². The van der Waals surface area contributed by atoms with Gasteiger partial charge in [0.1, 0.15) is 0 Å². The van der Waals surface area contributed by atoms with Crippen LogP contribution in [-0.4, -0.2) is 34.7 Å². The van der Waals surface area contributed by atoms with Gasteiger partial charge in [-0.05, 0) is 38.7 Å². The molecule has 0 fully saturated rings. The van der Waals surface area contributed by atoms with E-state index in [9.17, 15) is 9.59 Å². The minimum atomic E-state index is 0.170. The number of ketones is 1. The van der Waals surface area contributed by atoms with Crippen molar-refractivity contribution < 1.29 is 9.59 Å². The second kappa shape index (κ2) is 6.04. The minimum Gasteiger partial charge on any atom is -0.364 e. The van der Waals surface area contributed by atoms with Gasteiger partial charge in [-0.1, -0.05) is 0 Å². The Bertz CT molecular complexity index is 472. The van der Waals surface area contributed by atoms with Crippen LogP contribution in [0.2, 0.25) is 0 Å². The number of hydrogen-bond acceptors (Lipinski definition) is 2. The number of aromatic nitrogens is 1. The first-order valence-corrected chi connectivity index (χ1v) is 7.17. The van der Waals surface area contributed by atoms with Crippen molar-refractivity contribution in [2.45, 2.75) is 46.0 Å². The fourth-order valence-corrected chi connectivity index (χ4v) is 2.78. The molecule has 0 spiro atoms. The van der Waals surface area contributed by atoms with Crippen molar-refractivity contribution in [2.24, 2.45) is 0 Å². The van der Waals surface area contributed by atoms with Gasteiger partial charge in [0.2, 0.25) is 5.91 Å². The quantitative estimate of drug-likeness (QED) is 0.885. The van der Waals surface area contributed by atoms with Crippen LogP contribution >= 0.6 is 0 Å². The van der Waals surface area contributed by atoms with Gasteiger partial charge in [0.05, 0.1) is 0 Å². The van der Waals surface area contributed by atoms with E-state index >= 15 is 0 Å². The third-order valence-electron chi connectivity index (χ3n) is 3.88. The maximum absolute atomic E-state index is 12.0. The highest BCUT2D eigenvalue weighted by molar-refractivity contribution is 5.99. The summed E-state index contributed by atoms with van der Waals surface area (Å²) in [6.45, 7) is 5.48. The lowest BCUT2D eigenvalue weighted by Crippen LogP contribution is -2.30. The molecule has 1 aliphatic rings. The Morgan fingerprint density at radius 3 is 2.74 bits per heavy atom. The van der Waals surface area contributed by atoms with E-state index in [1.54, 1.807) is 0 Å². The molecule has 1 amide bonds. The highest BCUT2D eigenvalue weighted by Crippen LogP contribution is 2.24. The zero-order valence-electron chi connectivity index (χ0n) is 11.8. The first-order valence-electron chi connectivity index (χ1n) is 7.17. The number of Topliss-reactive ketones (excluding diaryl/α,β-unsaturated/α-hetero) is 1. The van der Waals surface area contributed by atoms with Crippen LogP contribution in [0, 0.1) is 0 Å². The topological polar surface area (TPSA) is 53.2 Å². The molecule has 0 aromatic carbocycles. The van der Waals surface area contributed by atoms with Crippen LogP contribution in [0.25, 0.3) is 0 Å². The third-order valence-corrected chi connectivity index (χ3v) is 3.88. The van der Waals surface area contributed by atoms with Crippen LogP contribution in [0.4, 0.5) is 0 Å². The summed E-state index contributed by atoms with van der Waals surface area (Å²) in [5, 5.41) is 0. The number of aromatic amines is 1. The normalized spacial score (nSPS) is 14.3. The smallest absolute Gasteiger partial charge is 0.222 e. The van der Waals surface area contributed by atoms with Gasteiger partial charge in [0.15, 0.2) is 5.78 Å². The van der Waals surface area contributed by atoms with Crippen molar-refractivity contribution in [3.8, 4) is 0 Å². The molecular weight excluding hydrogens is 240 g/mol. The number of nitrogens with one attached hydrogen (secondary N) is 1. The maximum Gasteiger partial charge on any atom is 0.222 e. The lowest BCUT2D eigenvalue weighted by Gasteiger charge is -2.18. The number of hydrogen-bond donors (Lipinski definition) is 1. The molecule has 2 rings (SSSR count). The zero-order chi connectivity index (χ0) is 13.8. The molecule has 104 valence electrons. The van der Waals surface area contributed by atoms with Gasteiger partial charge in [0, 0.05) is 43.4 Å². The molecule has 0 saturated carbocycles. The van der Waals surface area contributed by atoms with Gasteiger partial charge in [-0.2, -0.15) is 0 Å². The fourth-order valence-electron chi connectivity index (χ4n) is 2.78. The molecule has 1 heterocycles. The minimum absolute atomic E-state index is 0.170. The predicted octanol–water partition coefficient (Wildman–Crippen LogP) is 2.33. The third kappa shape index (κ3) is 2.88. The van der Waals surface area contributed by atoms with E-state index in [4.69, 9.17) is 0 Å². The van der Waals surface area contributed by atoms with Crippen molar-refractivity contribution >= 4 is 11.7 Å². The molecule has 0 atom stereocenters. The average Bonchev–Trinajstić information content (AvgIpc) is 2.82. The number of carbonyl (C=O) groups excluding carboxylic acids is 2. The summed E-state index contributed by atoms with van der Waals surface area (Å²) in [7, 11) is 0. The van der Waals surface area contributed by atoms with Gasteiger partial charge < -0.3 is 9.88 Å². The molecule has 0 radical (unpaired) electrons. The summed E-state index contributed by atoms with van der Waals surface area (Å²) in [6, 6.07) is 0. The average molecular weight is 262 g/mol. The van der Waals surface area contributed by atoms with Crippen LogP contribution in [0.5, 0.6) is 0 Å². The molecule has 1 N–H and O–H groups in total. The molecule has 1 aromatic rings. The molecule has 4 heteroatoms. The van der Waals surface area contributed by atoms with E-state index < -0.39 is 0 Å². The van der Waals surface area contributed by atoms with E-state index in [2.05, 4.69) is 4.98 Å². The van der Waals surface area contributed by atoms with E-state index in [0.29, 0.717) is 19.3 Å². The summed E-state index contributed by atoms with van der Waals surface area (Å²) >= 11 is 0. The molecule has 0 saturated heterocycles. The number of nitrogens with zero attached hydrogens (tertiary/aromatic N) is 1. The Morgan fingerprint density at radius 1 is 1.32 bits per heavy atom. The van der Waals surface area contributed by atoms with E-state index in [1.807, 2.05) is 24.9 Å². The van der Waals surface area contributed by atoms with Gasteiger partial charge in [-0.3, -0.25) is 9.59 Å². The summed E-state index contributed by atoms with van der Waals surface area (Å²) in [5.41, 5.74) is 2.93. The standard InChI is InChI=1S/C15H22N2O2/c1-3-17(4-2)14(19)9-8-11-10-16-12-6-5-7-13(18)15(11)12/h10,16H,3-9H2,1-2H3. The number of aryl methyl sites for hydroxylation is 2. The molecule has 0 unspecified atom stereocenters. The van der Waals surface area contributed by atoms with Gasteiger partial charge in [0.25, 0.3) is 0 Å². The number of rotatable bonds is 5. The Kier molecular flexibility index (Phi) is 4.40. The maximum atomic E-state index is 12.0. The number of fused-ring (bicyclic) bond motifs is 1. The van der Waals surface area contributed by atoms with Crippen LogP contribution in [0.3, 0.4) is 0 Å². The second-order valence-corrected chi connectivity index (χ2v) is 5.01. The Balaban J connectivity index is 2.03. The number of amides is 1. The molecular formula is C15H22N2O2. The second-order valence-electron chi connectivity index (χ2n) is 5.01. The predicted molar refractivity (Wildman–Crippen MR) is 74.3 cm³/mol. The van der Waals surface area contributed by atoms with Crippen LogP contribution < -0.4 is 0 Å². The van der Waals surface area contributed by atoms with Crippen molar-refractivity contribution in [3.05, 3.63) is 23.0 Å². The summed E-state index contributed by atoms with van der Waals surface area (Å²) in [6.07, 6.45) is 5.58. The first-order chi connectivity index (χ1) is 9.17. The van der Waals surface area contributed by atoms with Crippen molar-refractivity contribution in [3.63, 3.8) is 0 Å². The SMILES string of the molecule is CCN(CC)C(=O)CCc1c[nH]c2c1C(=O)CCC2. The Morgan fingerprint density at radius 2 is 2.05 bits per heavy atom. The number of carbonyl (C=O) groups is 2. The summed E-state index contributed by atoms with van der Waals surface area (Å²) in [5.74, 6) is 0.399. The molecule has 1 aliphatic carbocycles. The summed E-state index contributed by atoms with van der Waals surface area (Å²) in [4.78, 5) is 28.9. The van der Waals surface area contributed by atoms with Gasteiger partial charge in [-0.25, -0.2) is 0 Å². The lowest BCUT2D eigenvalue weighted by atomic mass is 9.92. The Hall–Kier alpha value is -1.58. The lowest BCUT2D eigenvalue weighted by molar-refractivity contribution is -0.130. The van der Waals surface area contributed by atoms with E-state index in [1.165, 1.54) is 0 Å². The monoisotopic (exact) mass is 262 g/mol. The largest absolute Gasteiger partial charge is 0.364 e. The van der Waals surface area contributed by atoms with Crippen LogP contribution in [0.1, 0.15) is 54.7 Å². The van der Waals surface area contributed by atoms with Crippen molar-refractivity contribution in [2.75, 3.05) is 13.1 Å². The molecule has 0 bridgehead atoms. The van der Waals surface area contributed by atoms with E-state index in [0.717, 1.165) is 42.8 Å². The fraction of sp³-hybridized carbons (Fsp3) is 0.600. The highest BCUT2D eigenvalue weighted by Gasteiger charge is 2.22. The first kappa shape index (κ1) is 13.8.